The molecule has 5 heteroatoms. The average Bonchev–Trinajstić information content (AvgIpc) is 2.55. The second kappa shape index (κ2) is 8.02. The van der Waals surface area contributed by atoms with Gasteiger partial charge in [0.2, 0.25) is 0 Å². The van der Waals surface area contributed by atoms with E-state index in [0.29, 0.717) is 10.7 Å². The second-order valence-electron chi connectivity index (χ2n) is 4.79. The van der Waals surface area contributed by atoms with Gasteiger partial charge in [0.25, 0.3) is 5.91 Å². The molecule has 0 spiro atoms. The summed E-state index contributed by atoms with van der Waals surface area (Å²) < 4.78 is 0. The quantitative estimate of drug-likeness (QED) is 0.634. The molecule has 0 radical (unpaired) electrons. The van der Waals surface area contributed by atoms with E-state index in [4.69, 9.17) is 11.6 Å². The third-order valence-corrected chi connectivity index (χ3v) is 3.45. The molecule has 2 aromatic carbocycles. The van der Waals surface area contributed by atoms with Crippen molar-refractivity contribution in [2.45, 2.75) is 13.3 Å². The lowest BCUT2D eigenvalue weighted by atomic mass is 10.1. The third-order valence-electron chi connectivity index (χ3n) is 3.22. The van der Waals surface area contributed by atoms with Crippen LogP contribution in [0.2, 0.25) is 5.02 Å². The minimum Gasteiger partial charge on any atom is -0.360 e. The van der Waals surface area contributed by atoms with Crippen molar-refractivity contribution in [2.24, 2.45) is 0 Å². The molecule has 0 heterocycles. The van der Waals surface area contributed by atoms with E-state index in [1.165, 1.54) is 6.20 Å². The van der Waals surface area contributed by atoms with Crippen LogP contribution < -0.4 is 10.6 Å². The van der Waals surface area contributed by atoms with Gasteiger partial charge in [-0.2, -0.15) is 5.26 Å². The van der Waals surface area contributed by atoms with E-state index in [-0.39, 0.29) is 5.57 Å². The largest absolute Gasteiger partial charge is 0.360 e. The van der Waals surface area contributed by atoms with Crippen LogP contribution in [0.1, 0.15) is 12.5 Å². The van der Waals surface area contributed by atoms with E-state index in [1.54, 1.807) is 24.3 Å². The lowest BCUT2D eigenvalue weighted by Gasteiger charge is -2.08. The molecule has 0 aromatic heterocycles. The Kier molecular flexibility index (Phi) is 5.79. The summed E-state index contributed by atoms with van der Waals surface area (Å²) in [5, 5.41) is 15.4. The lowest BCUT2D eigenvalue weighted by molar-refractivity contribution is -0.112. The Balaban J connectivity index is 2.12. The molecular weight excluding hydrogens is 310 g/mol. The molecule has 1 amide bonds. The maximum absolute atomic E-state index is 12.1. The molecule has 0 unspecified atom stereocenters. The molecule has 2 aromatic rings. The van der Waals surface area contributed by atoms with Crippen molar-refractivity contribution in [1.29, 1.82) is 5.26 Å². The topological polar surface area (TPSA) is 64.9 Å². The summed E-state index contributed by atoms with van der Waals surface area (Å²) in [6, 6.07) is 16.4. The van der Waals surface area contributed by atoms with Crippen molar-refractivity contribution < 1.29 is 4.79 Å². The molecule has 116 valence electrons. The number of benzene rings is 2. The van der Waals surface area contributed by atoms with Crippen LogP contribution >= 0.6 is 11.6 Å². The molecule has 2 rings (SSSR count). The van der Waals surface area contributed by atoms with Gasteiger partial charge in [-0.05, 0) is 36.2 Å². The number of hydrogen-bond donors (Lipinski definition) is 2. The number of nitrogens with one attached hydrogen (secondary N) is 2. The summed E-state index contributed by atoms with van der Waals surface area (Å²) >= 11 is 5.87. The molecule has 0 saturated heterocycles. The minimum absolute atomic E-state index is 0.0177. The summed E-state index contributed by atoms with van der Waals surface area (Å²) in [6.45, 7) is 2.04. The lowest BCUT2D eigenvalue weighted by Crippen LogP contribution is -2.14. The van der Waals surface area contributed by atoms with Gasteiger partial charge in [-0.1, -0.05) is 42.8 Å². The fourth-order valence-electron chi connectivity index (χ4n) is 2.03. The predicted octanol–water partition coefficient (Wildman–Crippen LogP) is 4.36. The van der Waals surface area contributed by atoms with Crippen molar-refractivity contribution in [3.05, 3.63) is 70.9 Å². The Morgan fingerprint density at radius 2 is 2.04 bits per heavy atom. The predicted molar refractivity (Wildman–Crippen MR) is 93.2 cm³/mol. The summed E-state index contributed by atoms with van der Waals surface area (Å²) in [4.78, 5) is 12.1. The number of nitrogens with zero attached hydrogens (tertiary/aromatic N) is 1. The molecule has 0 aliphatic carbocycles. The standard InChI is InChI=1S/C18H16ClN3O/c1-2-13-6-3-4-9-17(13)21-12-14(11-20)18(23)22-16-8-5-7-15(19)10-16/h3-10,12,21H,2H2,1H3,(H,22,23)/b14-12-. The Labute approximate surface area is 140 Å². The van der Waals surface area contributed by atoms with E-state index in [9.17, 15) is 10.1 Å². The first-order chi connectivity index (χ1) is 11.1. The molecule has 0 saturated carbocycles. The van der Waals surface area contributed by atoms with E-state index in [1.807, 2.05) is 37.3 Å². The normalized spacial score (nSPS) is 10.7. The fraction of sp³-hybridized carbons (Fsp3) is 0.111. The molecule has 0 bridgehead atoms. The van der Waals surface area contributed by atoms with Gasteiger partial charge in [-0.15, -0.1) is 0 Å². The van der Waals surface area contributed by atoms with Gasteiger partial charge in [0.1, 0.15) is 11.6 Å². The van der Waals surface area contributed by atoms with E-state index >= 15 is 0 Å². The highest BCUT2D eigenvalue weighted by Gasteiger charge is 2.09. The van der Waals surface area contributed by atoms with Crippen molar-refractivity contribution in [1.82, 2.24) is 0 Å². The fourth-order valence-corrected chi connectivity index (χ4v) is 2.22. The summed E-state index contributed by atoms with van der Waals surface area (Å²) in [7, 11) is 0. The second-order valence-corrected chi connectivity index (χ2v) is 5.23. The van der Waals surface area contributed by atoms with Gasteiger partial charge < -0.3 is 10.6 Å². The number of carbonyl (C=O) groups is 1. The third kappa shape index (κ3) is 4.60. The summed E-state index contributed by atoms with van der Waals surface area (Å²) in [6.07, 6.45) is 2.27. The van der Waals surface area contributed by atoms with Crippen molar-refractivity contribution in [3.8, 4) is 6.07 Å². The summed E-state index contributed by atoms with van der Waals surface area (Å²) in [5.41, 5.74) is 2.50. The zero-order valence-corrected chi connectivity index (χ0v) is 13.4. The van der Waals surface area contributed by atoms with Crippen LogP contribution in [-0.4, -0.2) is 5.91 Å². The highest BCUT2D eigenvalue weighted by molar-refractivity contribution is 6.31. The maximum Gasteiger partial charge on any atom is 0.267 e. The number of amides is 1. The Morgan fingerprint density at radius 1 is 1.26 bits per heavy atom. The van der Waals surface area contributed by atoms with Crippen LogP contribution in [0.4, 0.5) is 11.4 Å². The number of para-hydroxylation sites is 1. The number of carbonyl (C=O) groups excluding carboxylic acids is 1. The zero-order chi connectivity index (χ0) is 16.7. The van der Waals surface area contributed by atoms with Gasteiger partial charge in [0.05, 0.1) is 0 Å². The van der Waals surface area contributed by atoms with Gasteiger partial charge in [0.15, 0.2) is 0 Å². The van der Waals surface area contributed by atoms with Crippen LogP contribution in [0, 0.1) is 11.3 Å². The maximum atomic E-state index is 12.1. The molecule has 0 fully saturated rings. The molecule has 2 N–H and O–H groups in total. The first-order valence-corrected chi connectivity index (χ1v) is 7.53. The molecule has 4 nitrogen and oxygen atoms in total. The highest BCUT2D eigenvalue weighted by atomic mass is 35.5. The number of aryl methyl sites for hydroxylation is 1. The van der Waals surface area contributed by atoms with Gasteiger partial charge in [-0.3, -0.25) is 4.79 Å². The van der Waals surface area contributed by atoms with Crippen LogP contribution in [0.25, 0.3) is 0 Å². The molecular formula is C18H16ClN3O. The number of rotatable bonds is 5. The smallest absolute Gasteiger partial charge is 0.267 e. The number of hydrogen-bond acceptors (Lipinski definition) is 3. The summed E-state index contributed by atoms with van der Waals surface area (Å²) in [5.74, 6) is -0.490. The first kappa shape index (κ1) is 16.6. The zero-order valence-electron chi connectivity index (χ0n) is 12.6. The number of halogens is 1. The monoisotopic (exact) mass is 325 g/mol. The van der Waals surface area contributed by atoms with Crippen LogP contribution in [0.15, 0.2) is 60.3 Å². The van der Waals surface area contributed by atoms with Gasteiger partial charge >= 0.3 is 0 Å². The molecule has 0 aliphatic rings. The Morgan fingerprint density at radius 3 is 2.74 bits per heavy atom. The Bertz CT molecular complexity index is 778. The molecule has 0 atom stereocenters. The van der Waals surface area contributed by atoms with Crippen LogP contribution in [-0.2, 0) is 11.2 Å². The van der Waals surface area contributed by atoms with Crippen LogP contribution in [0.3, 0.4) is 0 Å². The van der Waals surface area contributed by atoms with Crippen LogP contribution in [0.5, 0.6) is 0 Å². The minimum atomic E-state index is -0.490. The van der Waals surface area contributed by atoms with Gasteiger partial charge in [0, 0.05) is 22.6 Å². The molecule has 23 heavy (non-hydrogen) atoms. The molecule has 0 aliphatic heterocycles. The number of anilines is 2. The van der Waals surface area contributed by atoms with Crippen molar-refractivity contribution in [2.75, 3.05) is 10.6 Å². The van der Waals surface area contributed by atoms with Crippen molar-refractivity contribution >= 4 is 28.9 Å². The van der Waals surface area contributed by atoms with E-state index in [0.717, 1.165) is 17.7 Å². The van der Waals surface area contributed by atoms with E-state index < -0.39 is 5.91 Å². The highest BCUT2D eigenvalue weighted by Crippen LogP contribution is 2.17. The van der Waals surface area contributed by atoms with E-state index in [2.05, 4.69) is 10.6 Å². The SMILES string of the molecule is CCc1ccccc1N/C=C(/C#N)C(=O)Nc1cccc(Cl)c1. The van der Waals surface area contributed by atoms with Crippen molar-refractivity contribution in [3.63, 3.8) is 0 Å². The number of nitriles is 1. The Hall–Kier alpha value is -2.77. The average molecular weight is 326 g/mol. The first-order valence-electron chi connectivity index (χ1n) is 7.15. The van der Waals surface area contributed by atoms with Gasteiger partial charge in [-0.25, -0.2) is 0 Å².